The summed E-state index contributed by atoms with van der Waals surface area (Å²) >= 11 is 0. The van der Waals surface area contributed by atoms with Crippen LogP contribution in [0.2, 0.25) is 0 Å². The Bertz CT molecular complexity index is 409. The predicted molar refractivity (Wildman–Crippen MR) is 81.8 cm³/mol. The molecule has 0 radical (unpaired) electrons. The number of likely N-dealkylation sites (N-methyl/N-ethyl adjacent to an activating group) is 1. The maximum Gasteiger partial charge on any atom is 0.134 e. The fourth-order valence-corrected chi connectivity index (χ4v) is 1.37. The largest absolute Gasteiger partial charge is 0.368 e. The Balaban J connectivity index is 2.78. The Morgan fingerprint density at radius 2 is 1.79 bits per heavy atom. The Hall–Kier alpha value is -1.36. The molecule has 19 heavy (non-hydrogen) atoms. The van der Waals surface area contributed by atoms with Gasteiger partial charge in [0, 0.05) is 30.7 Å². The molecule has 0 amide bonds. The fourth-order valence-electron chi connectivity index (χ4n) is 1.37. The summed E-state index contributed by atoms with van der Waals surface area (Å²) in [4.78, 5) is 10.7. The van der Waals surface area contributed by atoms with Crippen LogP contribution in [0.3, 0.4) is 0 Å². The Morgan fingerprint density at radius 3 is 2.32 bits per heavy atom. The molecule has 0 aliphatic rings. The highest BCUT2D eigenvalue weighted by Gasteiger charge is 2.19. The summed E-state index contributed by atoms with van der Waals surface area (Å²) in [5, 5.41) is 6.60. The van der Waals surface area contributed by atoms with Gasteiger partial charge >= 0.3 is 0 Å². The lowest BCUT2D eigenvalue weighted by Gasteiger charge is -2.33. The maximum absolute atomic E-state index is 4.33. The van der Waals surface area contributed by atoms with Crippen LogP contribution >= 0.6 is 0 Å². The summed E-state index contributed by atoms with van der Waals surface area (Å²) in [6.07, 6.45) is 1.60. The van der Waals surface area contributed by atoms with Gasteiger partial charge in [-0.3, -0.25) is 0 Å². The summed E-state index contributed by atoms with van der Waals surface area (Å²) in [6, 6.07) is 1.98. The molecule has 1 aromatic heterocycles. The third-order valence-corrected chi connectivity index (χ3v) is 3.39. The molecule has 0 unspecified atom stereocenters. The van der Waals surface area contributed by atoms with Gasteiger partial charge in [0.1, 0.15) is 18.0 Å². The molecular weight excluding hydrogens is 238 g/mol. The second-order valence-electron chi connectivity index (χ2n) is 6.48. The van der Waals surface area contributed by atoms with Gasteiger partial charge in [0.05, 0.1) is 0 Å². The van der Waals surface area contributed by atoms with Crippen molar-refractivity contribution in [3.05, 3.63) is 12.4 Å². The highest BCUT2D eigenvalue weighted by Crippen LogP contribution is 2.21. The molecule has 5 heteroatoms. The second kappa shape index (κ2) is 5.74. The van der Waals surface area contributed by atoms with Gasteiger partial charge in [-0.2, -0.15) is 0 Å². The van der Waals surface area contributed by atoms with Crippen LogP contribution in [0, 0.1) is 0 Å². The van der Waals surface area contributed by atoms with Gasteiger partial charge in [-0.15, -0.1) is 0 Å². The molecule has 108 valence electrons. The van der Waals surface area contributed by atoms with E-state index < -0.39 is 0 Å². The van der Waals surface area contributed by atoms with Crippen molar-refractivity contribution in [2.75, 3.05) is 30.9 Å². The molecule has 0 bridgehead atoms. The van der Waals surface area contributed by atoms with E-state index in [2.05, 4.69) is 60.1 Å². The number of nitrogens with zero attached hydrogens (tertiary/aromatic N) is 3. The van der Waals surface area contributed by atoms with Gasteiger partial charge in [0.2, 0.25) is 0 Å². The zero-order valence-corrected chi connectivity index (χ0v) is 13.2. The lowest BCUT2D eigenvalue weighted by atomic mass is 10.1. The van der Waals surface area contributed by atoms with Gasteiger partial charge < -0.3 is 15.5 Å². The minimum absolute atomic E-state index is 0.0288. The monoisotopic (exact) mass is 265 g/mol. The third kappa shape index (κ3) is 4.67. The number of nitrogens with one attached hydrogen (secondary N) is 2. The normalized spacial score (nSPS) is 12.4. The highest BCUT2D eigenvalue weighted by molar-refractivity contribution is 5.49. The number of aromatic nitrogens is 2. The summed E-state index contributed by atoms with van der Waals surface area (Å²) in [7, 11) is 4.00. The first kappa shape index (κ1) is 15.7. The predicted octanol–water partition coefficient (Wildman–Crippen LogP) is 2.12. The number of rotatable bonds is 5. The van der Waals surface area contributed by atoms with Crippen molar-refractivity contribution in [1.82, 2.24) is 15.3 Å². The number of anilines is 2. The van der Waals surface area contributed by atoms with Crippen LogP contribution in [0.15, 0.2) is 12.4 Å². The van der Waals surface area contributed by atoms with Crippen molar-refractivity contribution in [3.8, 4) is 0 Å². The molecule has 1 heterocycles. The Labute approximate surface area is 116 Å². The van der Waals surface area contributed by atoms with Crippen molar-refractivity contribution in [2.45, 2.75) is 45.7 Å². The summed E-state index contributed by atoms with van der Waals surface area (Å²) < 4.78 is 0. The molecule has 5 nitrogen and oxygen atoms in total. The van der Waals surface area contributed by atoms with E-state index in [9.17, 15) is 0 Å². The Morgan fingerprint density at radius 1 is 1.16 bits per heavy atom. The summed E-state index contributed by atoms with van der Waals surface area (Å²) in [6.45, 7) is 11.6. The van der Waals surface area contributed by atoms with E-state index in [1.165, 1.54) is 0 Å². The first-order valence-corrected chi connectivity index (χ1v) is 6.64. The molecule has 0 aliphatic heterocycles. The van der Waals surface area contributed by atoms with Crippen LogP contribution < -0.4 is 15.5 Å². The standard InChI is InChI=1S/C14H27N5/c1-13(2,3)19(7)12-8-11(17-10-18-12)16-9-14(4,5)15-6/h8,10,15H,9H2,1-7H3,(H,16,17,18). The zero-order chi connectivity index (χ0) is 14.7. The molecule has 0 aliphatic carbocycles. The highest BCUT2D eigenvalue weighted by atomic mass is 15.2. The van der Waals surface area contributed by atoms with E-state index in [0.717, 1.165) is 18.2 Å². The summed E-state index contributed by atoms with van der Waals surface area (Å²) in [5.41, 5.74) is 0.0664. The quantitative estimate of drug-likeness (QED) is 0.854. The smallest absolute Gasteiger partial charge is 0.134 e. The van der Waals surface area contributed by atoms with E-state index in [4.69, 9.17) is 0 Å². The molecule has 1 aromatic rings. The third-order valence-electron chi connectivity index (χ3n) is 3.39. The molecule has 2 N–H and O–H groups in total. The van der Waals surface area contributed by atoms with Crippen LogP contribution in [0.25, 0.3) is 0 Å². The molecular formula is C14H27N5. The van der Waals surface area contributed by atoms with E-state index in [-0.39, 0.29) is 11.1 Å². The lowest BCUT2D eigenvalue weighted by molar-refractivity contribution is 0.447. The van der Waals surface area contributed by atoms with Crippen molar-refractivity contribution in [1.29, 1.82) is 0 Å². The first-order valence-electron chi connectivity index (χ1n) is 6.64. The zero-order valence-electron chi connectivity index (χ0n) is 13.2. The molecule has 1 rings (SSSR count). The molecule has 0 saturated heterocycles. The van der Waals surface area contributed by atoms with Gasteiger partial charge in [-0.1, -0.05) is 0 Å². The van der Waals surface area contributed by atoms with Crippen LogP contribution in [0.1, 0.15) is 34.6 Å². The topological polar surface area (TPSA) is 53.1 Å². The Kier molecular flexibility index (Phi) is 4.74. The van der Waals surface area contributed by atoms with E-state index in [1.54, 1.807) is 6.33 Å². The van der Waals surface area contributed by atoms with Crippen LogP contribution in [-0.4, -0.2) is 41.7 Å². The van der Waals surface area contributed by atoms with Crippen molar-refractivity contribution < 1.29 is 0 Å². The molecule has 0 spiro atoms. The van der Waals surface area contributed by atoms with E-state index in [0.29, 0.717) is 0 Å². The van der Waals surface area contributed by atoms with Gasteiger partial charge in [0.15, 0.2) is 0 Å². The van der Waals surface area contributed by atoms with Crippen LogP contribution in [-0.2, 0) is 0 Å². The fraction of sp³-hybridized carbons (Fsp3) is 0.714. The summed E-state index contributed by atoms with van der Waals surface area (Å²) in [5.74, 6) is 1.77. The van der Waals surface area contributed by atoms with Crippen molar-refractivity contribution in [3.63, 3.8) is 0 Å². The maximum atomic E-state index is 4.33. The minimum atomic E-state index is 0.0288. The minimum Gasteiger partial charge on any atom is -0.368 e. The molecule has 0 saturated carbocycles. The second-order valence-corrected chi connectivity index (χ2v) is 6.48. The lowest BCUT2D eigenvalue weighted by Crippen LogP contribution is -2.43. The van der Waals surface area contributed by atoms with E-state index >= 15 is 0 Å². The molecule has 0 atom stereocenters. The van der Waals surface area contributed by atoms with Crippen LogP contribution in [0.4, 0.5) is 11.6 Å². The number of hydrogen-bond acceptors (Lipinski definition) is 5. The molecule has 0 aromatic carbocycles. The SMILES string of the molecule is CNC(C)(C)CNc1cc(N(C)C(C)(C)C)ncn1. The van der Waals surface area contributed by atoms with Crippen molar-refractivity contribution >= 4 is 11.6 Å². The average Bonchev–Trinajstić information content (AvgIpc) is 2.35. The first-order chi connectivity index (χ1) is 8.65. The van der Waals surface area contributed by atoms with Gasteiger partial charge in [-0.25, -0.2) is 9.97 Å². The van der Waals surface area contributed by atoms with Crippen molar-refractivity contribution in [2.24, 2.45) is 0 Å². The van der Waals surface area contributed by atoms with Gasteiger partial charge in [0.25, 0.3) is 0 Å². The molecule has 0 fully saturated rings. The van der Waals surface area contributed by atoms with Crippen LogP contribution in [0.5, 0.6) is 0 Å². The van der Waals surface area contributed by atoms with E-state index in [1.807, 2.05) is 20.2 Å². The average molecular weight is 265 g/mol. The number of hydrogen-bond donors (Lipinski definition) is 2. The van der Waals surface area contributed by atoms with Gasteiger partial charge in [-0.05, 0) is 41.7 Å².